The van der Waals surface area contributed by atoms with Crippen LogP contribution in [0.3, 0.4) is 0 Å². The highest BCUT2D eigenvalue weighted by Crippen LogP contribution is 2.18. The number of hydrogen-bond donors (Lipinski definition) is 1. The summed E-state index contributed by atoms with van der Waals surface area (Å²) in [5.41, 5.74) is 0.356. The Bertz CT molecular complexity index is 415. The van der Waals surface area contributed by atoms with E-state index in [-0.39, 0.29) is 11.3 Å². The van der Waals surface area contributed by atoms with E-state index in [1.54, 1.807) is 13.0 Å². The molecule has 1 rings (SSSR count). The van der Waals surface area contributed by atoms with Gasteiger partial charge in [0.15, 0.2) is 5.78 Å². The van der Waals surface area contributed by atoms with Crippen LogP contribution < -0.4 is 0 Å². The number of ketones is 1. The molecule has 15 heavy (non-hydrogen) atoms. The van der Waals surface area contributed by atoms with Gasteiger partial charge in [-0.3, -0.25) is 4.79 Å². The van der Waals surface area contributed by atoms with Gasteiger partial charge in [-0.05, 0) is 25.1 Å². The molecular formula is C10H8BrClO3. The van der Waals surface area contributed by atoms with E-state index in [0.29, 0.717) is 10.0 Å². The molecule has 1 aromatic carbocycles. The molecule has 0 radical (unpaired) electrons. The molecule has 0 aliphatic carbocycles. The minimum absolute atomic E-state index is 0.0602. The van der Waals surface area contributed by atoms with Crippen molar-refractivity contribution in [2.45, 2.75) is 12.3 Å². The number of Topliss-reactive ketones (excluding diaryl/α,β-unsaturated/α-hetero) is 1. The summed E-state index contributed by atoms with van der Waals surface area (Å²) in [6.07, 6.45) is 0. The van der Waals surface area contributed by atoms with Crippen molar-refractivity contribution in [3.8, 4) is 0 Å². The van der Waals surface area contributed by atoms with Gasteiger partial charge in [0.1, 0.15) is 0 Å². The van der Waals surface area contributed by atoms with Crippen LogP contribution in [0.15, 0.2) is 22.7 Å². The number of rotatable bonds is 3. The standard InChI is InChI=1S/C10H8BrClO3/c1-5(12)9(13)6-2-7(10(14)15)4-8(11)3-6/h2-5H,1H3,(H,14,15). The summed E-state index contributed by atoms with van der Waals surface area (Å²) in [7, 11) is 0. The smallest absolute Gasteiger partial charge is 0.335 e. The molecule has 80 valence electrons. The Morgan fingerprint density at radius 1 is 1.33 bits per heavy atom. The minimum Gasteiger partial charge on any atom is -0.478 e. The third-order valence-corrected chi connectivity index (χ3v) is 2.45. The number of carboxylic acid groups (broad SMARTS) is 1. The largest absolute Gasteiger partial charge is 0.478 e. The average Bonchev–Trinajstić information content (AvgIpc) is 2.15. The molecule has 1 N–H and O–H groups in total. The van der Waals surface area contributed by atoms with Crippen LogP contribution in [0.4, 0.5) is 0 Å². The Morgan fingerprint density at radius 3 is 2.33 bits per heavy atom. The number of carbonyl (C=O) groups excluding carboxylic acids is 1. The Labute approximate surface area is 100 Å². The molecule has 0 amide bonds. The Morgan fingerprint density at radius 2 is 1.87 bits per heavy atom. The van der Waals surface area contributed by atoms with E-state index in [1.165, 1.54) is 12.1 Å². The molecule has 0 fully saturated rings. The number of carbonyl (C=O) groups is 2. The van der Waals surface area contributed by atoms with Crippen LogP contribution in [0.1, 0.15) is 27.6 Å². The fourth-order valence-electron chi connectivity index (χ4n) is 1.09. The van der Waals surface area contributed by atoms with Crippen molar-refractivity contribution in [1.82, 2.24) is 0 Å². The van der Waals surface area contributed by atoms with Gasteiger partial charge in [-0.15, -0.1) is 11.6 Å². The molecule has 0 aliphatic heterocycles. The van der Waals surface area contributed by atoms with Crippen molar-refractivity contribution < 1.29 is 14.7 Å². The fourth-order valence-corrected chi connectivity index (χ4v) is 1.70. The highest BCUT2D eigenvalue weighted by atomic mass is 79.9. The molecule has 1 atom stereocenters. The average molecular weight is 292 g/mol. The first-order chi connectivity index (χ1) is 6.91. The van der Waals surface area contributed by atoms with Crippen molar-refractivity contribution >= 4 is 39.3 Å². The quantitative estimate of drug-likeness (QED) is 0.688. The molecule has 0 bridgehead atoms. The van der Waals surface area contributed by atoms with Crippen LogP contribution in [-0.4, -0.2) is 22.2 Å². The van der Waals surface area contributed by atoms with Crippen molar-refractivity contribution in [1.29, 1.82) is 0 Å². The predicted octanol–water partition coefficient (Wildman–Crippen LogP) is 2.96. The summed E-state index contributed by atoms with van der Waals surface area (Å²) < 4.78 is 0.545. The summed E-state index contributed by atoms with van der Waals surface area (Å²) in [5, 5.41) is 8.12. The van der Waals surface area contributed by atoms with E-state index in [4.69, 9.17) is 16.7 Å². The first-order valence-corrected chi connectivity index (χ1v) is 5.37. The monoisotopic (exact) mass is 290 g/mol. The van der Waals surface area contributed by atoms with Crippen LogP contribution in [0, 0.1) is 0 Å². The van der Waals surface area contributed by atoms with Crippen LogP contribution in [0.25, 0.3) is 0 Å². The van der Waals surface area contributed by atoms with Gasteiger partial charge in [0.2, 0.25) is 0 Å². The van der Waals surface area contributed by atoms with Crippen molar-refractivity contribution in [3.05, 3.63) is 33.8 Å². The van der Waals surface area contributed by atoms with Gasteiger partial charge >= 0.3 is 5.97 Å². The molecule has 0 saturated heterocycles. The zero-order chi connectivity index (χ0) is 11.6. The normalized spacial score (nSPS) is 12.2. The van der Waals surface area contributed by atoms with E-state index >= 15 is 0 Å². The van der Waals surface area contributed by atoms with E-state index in [0.717, 1.165) is 0 Å². The summed E-state index contributed by atoms with van der Waals surface area (Å²) in [6.45, 7) is 1.55. The maximum atomic E-state index is 11.5. The van der Waals surface area contributed by atoms with Crippen LogP contribution >= 0.6 is 27.5 Å². The molecule has 1 unspecified atom stereocenters. The lowest BCUT2D eigenvalue weighted by atomic mass is 10.1. The van der Waals surface area contributed by atoms with E-state index in [2.05, 4.69) is 15.9 Å². The van der Waals surface area contributed by atoms with Crippen molar-refractivity contribution in [2.24, 2.45) is 0 Å². The molecular weight excluding hydrogens is 283 g/mol. The highest BCUT2D eigenvalue weighted by Gasteiger charge is 2.15. The molecule has 1 aromatic rings. The molecule has 0 heterocycles. The molecule has 0 aromatic heterocycles. The number of alkyl halides is 1. The number of hydrogen-bond acceptors (Lipinski definition) is 2. The van der Waals surface area contributed by atoms with E-state index in [1.807, 2.05) is 0 Å². The first-order valence-electron chi connectivity index (χ1n) is 4.14. The van der Waals surface area contributed by atoms with Crippen molar-refractivity contribution in [2.75, 3.05) is 0 Å². The third-order valence-electron chi connectivity index (χ3n) is 1.79. The van der Waals surface area contributed by atoms with Crippen molar-refractivity contribution in [3.63, 3.8) is 0 Å². The van der Waals surface area contributed by atoms with Crippen LogP contribution in [-0.2, 0) is 0 Å². The summed E-state index contributed by atoms with van der Waals surface area (Å²) >= 11 is 8.77. The van der Waals surface area contributed by atoms with Gasteiger partial charge in [0, 0.05) is 10.0 Å². The Balaban J connectivity index is 3.20. The second kappa shape index (κ2) is 4.77. The predicted molar refractivity (Wildman–Crippen MR) is 60.7 cm³/mol. The summed E-state index contributed by atoms with van der Waals surface area (Å²) in [4.78, 5) is 22.3. The third kappa shape index (κ3) is 3.04. The molecule has 3 nitrogen and oxygen atoms in total. The number of carboxylic acids is 1. The topological polar surface area (TPSA) is 54.4 Å². The van der Waals surface area contributed by atoms with E-state index < -0.39 is 11.3 Å². The first kappa shape index (κ1) is 12.2. The lowest BCUT2D eigenvalue weighted by molar-refractivity contribution is 0.0697. The summed E-state index contributed by atoms with van der Waals surface area (Å²) in [6, 6.07) is 4.29. The lowest BCUT2D eigenvalue weighted by Gasteiger charge is -2.04. The fraction of sp³-hybridized carbons (Fsp3) is 0.200. The van der Waals surface area contributed by atoms with Gasteiger partial charge in [0.25, 0.3) is 0 Å². The SMILES string of the molecule is CC(Cl)C(=O)c1cc(Br)cc(C(=O)O)c1. The minimum atomic E-state index is -1.08. The van der Waals surface area contributed by atoms with Crippen LogP contribution in [0.5, 0.6) is 0 Å². The molecule has 5 heteroatoms. The molecule has 0 saturated carbocycles. The maximum absolute atomic E-state index is 11.5. The zero-order valence-electron chi connectivity index (χ0n) is 7.83. The zero-order valence-corrected chi connectivity index (χ0v) is 10.2. The van der Waals surface area contributed by atoms with Gasteiger partial charge in [0.05, 0.1) is 10.9 Å². The van der Waals surface area contributed by atoms with Gasteiger partial charge in [-0.2, -0.15) is 0 Å². The Kier molecular flexibility index (Phi) is 3.88. The molecule has 0 spiro atoms. The maximum Gasteiger partial charge on any atom is 0.335 e. The van der Waals surface area contributed by atoms with E-state index in [9.17, 15) is 9.59 Å². The molecule has 0 aliphatic rings. The number of aromatic carboxylic acids is 1. The highest BCUT2D eigenvalue weighted by molar-refractivity contribution is 9.10. The van der Waals surface area contributed by atoms with Crippen LogP contribution in [0.2, 0.25) is 0 Å². The number of halogens is 2. The van der Waals surface area contributed by atoms with Gasteiger partial charge in [-0.25, -0.2) is 4.79 Å². The second-order valence-electron chi connectivity index (χ2n) is 3.01. The lowest BCUT2D eigenvalue weighted by Crippen LogP contribution is -2.11. The summed E-state index contributed by atoms with van der Waals surface area (Å²) in [5.74, 6) is -1.37. The van der Waals surface area contributed by atoms with Gasteiger partial charge < -0.3 is 5.11 Å². The van der Waals surface area contributed by atoms with Gasteiger partial charge in [-0.1, -0.05) is 15.9 Å². The number of benzene rings is 1. The Hall–Kier alpha value is -0.870. The second-order valence-corrected chi connectivity index (χ2v) is 4.58.